The molecule has 13 heteroatoms. The molecule has 0 saturated heterocycles. The number of rotatable bonds is 16. The van der Waals surface area contributed by atoms with Crippen molar-refractivity contribution in [2.75, 3.05) is 18.6 Å². The second kappa shape index (κ2) is 15.2. The van der Waals surface area contributed by atoms with Gasteiger partial charge in [-0.2, -0.15) is 11.8 Å². The standard InChI is InChI=1S/C20H35N7O5S/c1-12(22)17(28)25-15(6-8-33-2)19(30)26-14(5-3-4-7-21)18(29)27-16(20(31)32)9-13-10-23-11-24-13/h10-12,14-16H,3-9,21-22H2,1-2H3,(H,23,24)(H,25,28)(H,26,30)(H,27,29)(H,31,32). The highest BCUT2D eigenvalue weighted by molar-refractivity contribution is 7.98. The van der Waals surface area contributed by atoms with Crippen LogP contribution in [0.25, 0.3) is 0 Å². The van der Waals surface area contributed by atoms with E-state index in [9.17, 15) is 24.3 Å². The first-order chi connectivity index (χ1) is 15.7. The number of nitrogens with one attached hydrogen (secondary N) is 4. The molecule has 0 saturated carbocycles. The summed E-state index contributed by atoms with van der Waals surface area (Å²) in [6.45, 7) is 1.92. The summed E-state index contributed by atoms with van der Waals surface area (Å²) < 4.78 is 0. The maximum Gasteiger partial charge on any atom is 0.326 e. The van der Waals surface area contributed by atoms with Crippen LogP contribution in [0.2, 0.25) is 0 Å². The number of amides is 3. The predicted molar refractivity (Wildman–Crippen MR) is 125 cm³/mol. The molecule has 0 spiro atoms. The van der Waals surface area contributed by atoms with Gasteiger partial charge in [0.15, 0.2) is 0 Å². The van der Waals surface area contributed by atoms with E-state index in [1.807, 2.05) is 6.26 Å². The highest BCUT2D eigenvalue weighted by Gasteiger charge is 2.29. The molecule has 0 aliphatic carbocycles. The minimum absolute atomic E-state index is 0.00529. The minimum Gasteiger partial charge on any atom is -0.480 e. The molecule has 1 aromatic heterocycles. The number of hydrogen-bond acceptors (Lipinski definition) is 8. The van der Waals surface area contributed by atoms with Crippen LogP contribution in [0, 0.1) is 0 Å². The molecule has 9 N–H and O–H groups in total. The summed E-state index contributed by atoms with van der Waals surface area (Å²) in [6, 6.07) is -3.87. The number of nitrogens with two attached hydrogens (primary N) is 2. The lowest BCUT2D eigenvalue weighted by atomic mass is 10.1. The number of H-pyrrole nitrogens is 1. The minimum atomic E-state index is -1.22. The van der Waals surface area contributed by atoms with E-state index in [2.05, 4.69) is 25.9 Å². The van der Waals surface area contributed by atoms with Crippen molar-refractivity contribution in [1.29, 1.82) is 0 Å². The van der Waals surface area contributed by atoms with Gasteiger partial charge in [-0.1, -0.05) is 0 Å². The van der Waals surface area contributed by atoms with Crippen LogP contribution in [-0.2, 0) is 25.6 Å². The van der Waals surface area contributed by atoms with Gasteiger partial charge in [-0.15, -0.1) is 0 Å². The number of nitrogens with zero attached hydrogens (tertiary/aromatic N) is 1. The number of imidazole rings is 1. The average Bonchev–Trinajstić information content (AvgIpc) is 3.28. The van der Waals surface area contributed by atoms with Crippen molar-refractivity contribution in [3.05, 3.63) is 18.2 Å². The van der Waals surface area contributed by atoms with Crippen LogP contribution in [-0.4, -0.2) is 81.5 Å². The molecule has 186 valence electrons. The van der Waals surface area contributed by atoms with Crippen LogP contribution < -0.4 is 27.4 Å². The maximum atomic E-state index is 12.9. The molecule has 0 aliphatic rings. The molecular weight excluding hydrogens is 450 g/mol. The van der Waals surface area contributed by atoms with Crippen molar-refractivity contribution >= 4 is 35.5 Å². The molecule has 4 unspecified atom stereocenters. The Morgan fingerprint density at radius 3 is 2.18 bits per heavy atom. The van der Waals surface area contributed by atoms with Crippen molar-refractivity contribution in [3.63, 3.8) is 0 Å². The van der Waals surface area contributed by atoms with Gasteiger partial charge in [-0.05, 0) is 51.2 Å². The summed E-state index contributed by atoms with van der Waals surface area (Å²) in [6.07, 6.45) is 6.56. The molecule has 33 heavy (non-hydrogen) atoms. The lowest BCUT2D eigenvalue weighted by molar-refractivity contribution is -0.142. The van der Waals surface area contributed by atoms with Crippen LogP contribution >= 0.6 is 11.8 Å². The number of carbonyl (C=O) groups is 4. The second-order valence-electron chi connectivity index (χ2n) is 7.66. The van der Waals surface area contributed by atoms with Crippen molar-refractivity contribution in [3.8, 4) is 0 Å². The number of carboxylic acids is 1. The van der Waals surface area contributed by atoms with Gasteiger partial charge in [0.05, 0.1) is 12.4 Å². The van der Waals surface area contributed by atoms with E-state index in [0.717, 1.165) is 0 Å². The first-order valence-corrected chi connectivity index (χ1v) is 12.1. The number of carboxylic acid groups (broad SMARTS) is 1. The molecule has 1 heterocycles. The largest absolute Gasteiger partial charge is 0.480 e. The fourth-order valence-corrected chi connectivity index (χ4v) is 3.40. The van der Waals surface area contributed by atoms with Crippen LogP contribution in [0.1, 0.15) is 38.3 Å². The Balaban J connectivity index is 2.93. The van der Waals surface area contributed by atoms with Gasteiger partial charge in [-0.3, -0.25) is 14.4 Å². The fourth-order valence-electron chi connectivity index (χ4n) is 2.93. The fraction of sp³-hybridized carbons (Fsp3) is 0.650. The molecular formula is C20H35N7O5S. The lowest BCUT2D eigenvalue weighted by Gasteiger charge is -2.25. The highest BCUT2D eigenvalue weighted by atomic mass is 32.2. The quantitative estimate of drug-likeness (QED) is 0.139. The van der Waals surface area contributed by atoms with Gasteiger partial charge in [-0.25, -0.2) is 9.78 Å². The first kappa shape index (κ1) is 28.4. The van der Waals surface area contributed by atoms with Crippen LogP contribution in [0.4, 0.5) is 0 Å². The van der Waals surface area contributed by atoms with E-state index >= 15 is 0 Å². The summed E-state index contributed by atoms with van der Waals surface area (Å²) in [5.41, 5.74) is 11.7. The number of thioether (sulfide) groups is 1. The van der Waals surface area contributed by atoms with E-state index in [1.54, 1.807) is 0 Å². The number of aliphatic carboxylic acids is 1. The smallest absolute Gasteiger partial charge is 0.326 e. The summed E-state index contributed by atoms with van der Waals surface area (Å²) >= 11 is 1.51. The Morgan fingerprint density at radius 2 is 1.67 bits per heavy atom. The van der Waals surface area contributed by atoms with Crippen LogP contribution in [0.3, 0.4) is 0 Å². The Labute approximate surface area is 197 Å². The molecule has 12 nitrogen and oxygen atoms in total. The Kier molecular flexibility index (Phi) is 13.1. The maximum absolute atomic E-state index is 12.9. The van der Waals surface area contributed by atoms with Gasteiger partial charge < -0.3 is 37.5 Å². The normalized spacial score (nSPS) is 14.5. The van der Waals surface area contributed by atoms with Gasteiger partial charge in [0.1, 0.15) is 18.1 Å². The summed E-state index contributed by atoms with van der Waals surface area (Å²) in [5, 5.41) is 17.3. The molecule has 0 aliphatic heterocycles. The van der Waals surface area contributed by atoms with E-state index in [-0.39, 0.29) is 12.8 Å². The zero-order valence-electron chi connectivity index (χ0n) is 19.0. The van der Waals surface area contributed by atoms with E-state index < -0.39 is 47.9 Å². The third-order valence-electron chi connectivity index (χ3n) is 4.83. The zero-order chi connectivity index (χ0) is 24.8. The second-order valence-corrected chi connectivity index (χ2v) is 8.64. The summed E-state index contributed by atoms with van der Waals surface area (Å²) in [5.74, 6) is -2.26. The molecule has 3 amide bonds. The Hall–Kier alpha value is -2.64. The van der Waals surface area contributed by atoms with Gasteiger partial charge in [0.25, 0.3) is 0 Å². The Bertz CT molecular complexity index is 760. The number of unbranched alkanes of at least 4 members (excludes halogenated alkanes) is 1. The third kappa shape index (κ3) is 10.7. The van der Waals surface area contributed by atoms with Crippen molar-refractivity contribution in [2.24, 2.45) is 11.5 Å². The average molecular weight is 486 g/mol. The van der Waals surface area contributed by atoms with Crippen molar-refractivity contribution < 1.29 is 24.3 Å². The lowest BCUT2D eigenvalue weighted by Crippen LogP contribution is -2.57. The van der Waals surface area contributed by atoms with E-state index in [0.29, 0.717) is 37.3 Å². The molecule has 0 radical (unpaired) electrons. The molecule has 0 fully saturated rings. The molecule has 1 aromatic rings. The number of aromatic amines is 1. The predicted octanol–water partition coefficient (Wildman–Crippen LogP) is -1.28. The van der Waals surface area contributed by atoms with Crippen molar-refractivity contribution in [1.82, 2.24) is 25.9 Å². The topological polar surface area (TPSA) is 205 Å². The molecule has 0 aromatic carbocycles. The van der Waals surface area contributed by atoms with Crippen LogP contribution in [0.15, 0.2) is 12.5 Å². The summed E-state index contributed by atoms with van der Waals surface area (Å²) in [7, 11) is 0. The van der Waals surface area contributed by atoms with Gasteiger partial charge in [0.2, 0.25) is 17.7 Å². The van der Waals surface area contributed by atoms with Crippen LogP contribution in [0.5, 0.6) is 0 Å². The zero-order valence-corrected chi connectivity index (χ0v) is 19.8. The SMILES string of the molecule is CSCCC(NC(=O)C(C)N)C(=O)NC(CCCCN)C(=O)NC(Cc1cnc[nH]1)C(=O)O. The first-order valence-electron chi connectivity index (χ1n) is 10.7. The Morgan fingerprint density at radius 1 is 1.06 bits per heavy atom. The molecule has 1 rings (SSSR count). The monoisotopic (exact) mass is 485 g/mol. The highest BCUT2D eigenvalue weighted by Crippen LogP contribution is 2.07. The molecule has 0 bridgehead atoms. The third-order valence-corrected chi connectivity index (χ3v) is 5.47. The number of carbonyl (C=O) groups excluding carboxylic acids is 3. The van der Waals surface area contributed by atoms with E-state index in [1.165, 1.54) is 31.2 Å². The molecule has 4 atom stereocenters. The van der Waals surface area contributed by atoms with E-state index in [4.69, 9.17) is 11.5 Å². The van der Waals surface area contributed by atoms with Gasteiger partial charge >= 0.3 is 5.97 Å². The van der Waals surface area contributed by atoms with Gasteiger partial charge in [0, 0.05) is 18.3 Å². The van der Waals surface area contributed by atoms with Crippen molar-refractivity contribution in [2.45, 2.75) is 63.2 Å². The number of hydrogen-bond donors (Lipinski definition) is 7. The number of aromatic nitrogens is 2. The summed E-state index contributed by atoms with van der Waals surface area (Å²) in [4.78, 5) is 56.2.